The van der Waals surface area contributed by atoms with Crippen LogP contribution in [0.3, 0.4) is 0 Å². The van der Waals surface area contributed by atoms with E-state index in [1.54, 1.807) is 42.5 Å². The monoisotopic (exact) mass is 516 g/mol. The van der Waals surface area contributed by atoms with Crippen molar-refractivity contribution in [1.29, 1.82) is 0 Å². The number of anilines is 1. The van der Waals surface area contributed by atoms with E-state index in [1.807, 2.05) is 38.1 Å². The van der Waals surface area contributed by atoms with Gasteiger partial charge in [0.2, 0.25) is 5.91 Å². The van der Waals surface area contributed by atoms with Gasteiger partial charge >= 0.3 is 0 Å². The molecule has 0 spiro atoms. The van der Waals surface area contributed by atoms with Crippen LogP contribution in [0.4, 0.5) is 5.69 Å². The van der Waals surface area contributed by atoms with E-state index in [0.717, 1.165) is 15.6 Å². The Morgan fingerprint density at radius 1 is 1.03 bits per heavy atom. The van der Waals surface area contributed by atoms with Crippen LogP contribution in [-0.4, -0.2) is 27.5 Å². The van der Waals surface area contributed by atoms with E-state index in [-0.39, 0.29) is 17.5 Å². The normalized spacial score (nSPS) is 12.1. The van der Waals surface area contributed by atoms with Crippen molar-refractivity contribution in [2.24, 2.45) is 0 Å². The summed E-state index contributed by atoms with van der Waals surface area (Å²) in [7, 11) is -3.94. The molecule has 0 saturated heterocycles. The van der Waals surface area contributed by atoms with Gasteiger partial charge in [-0.15, -0.1) is 0 Å². The van der Waals surface area contributed by atoms with Crippen LogP contribution in [0.2, 0.25) is 0 Å². The number of nitrogens with one attached hydrogen (secondary N) is 1. The summed E-state index contributed by atoms with van der Waals surface area (Å²) < 4.78 is 34.0. The zero-order valence-corrected chi connectivity index (χ0v) is 20.3. The molecule has 32 heavy (non-hydrogen) atoms. The van der Waals surface area contributed by atoms with Crippen LogP contribution in [0.5, 0.6) is 5.75 Å². The van der Waals surface area contributed by atoms with Crippen molar-refractivity contribution in [3.63, 3.8) is 0 Å². The van der Waals surface area contributed by atoms with Crippen LogP contribution in [0.15, 0.2) is 88.2 Å². The lowest BCUT2D eigenvalue weighted by molar-refractivity contribution is -0.120. The first-order chi connectivity index (χ1) is 15.3. The fourth-order valence-corrected chi connectivity index (χ4v) is 5.01. The van der Waals surface area contributed by atoms with Gasteiger partial charge in [-0.2, -0.15) is 0 Å². The minimum absolute atomic E-state index is 0.118. The second-order valence-electron chi connectivity index (χ2n) is 7.10. The van der Waals surface area contributed by atoms with Crippen molar-refractivity contribution in [2.45, 2.75) is 24.8 Å². The number of hydrogen-bond acceptors (Lipinski definition) is 4. The van der Waals surface area contributed by atoms with Gasteiger partial charge in [0.1, 0.15) is 12.3 Å². The molecule has 1 unspecified atom stereocenters. The van der Waals surface area contributed by atoms with Gasteiger partial charge in [0, 0.05) is 4.47 Å². The molecule has 1 N–H and O–H groups in total. The zero-order chi connectivity index (χ0) is 23.1. The van der Waals surface area contributed by atoms with Crippen LogP contribution in [0, 0.1) is 0 Å². The molecule has 3 aromatic rings. The number of sulfonamides is 1. The SMILES string of the molecule is CCOc1ccc(C(C)NC(=O)CN(c2cccc(Br)c2)S(=O)(=O)c2ccccc2)cc1. The van der Waals surface area contributed by atoms with Gasteiger partial charge in [-0.05, 0) is 61.9 Å². The molecule has 0 saturated carbocycles. The number of carbonyl (C=O) groups is 1. The number of nitrogens with zero attached hydrogens (tertiary/aromatic N) is 1. The van der Waals surface area contributed by atoms with Crippen LogP contribution in [-0.2, 0) is 14.8 Å². The molecular formula is C24H25BrN2O4S. The topological polar surface area (TPSA) is 75.7 Å². The number of rotatable bonds is 9. The predicted octanol–water partition coefficient (Wildman–Crippen LogP) is 4.92. The molecule has 0 fully saturated rings. The Hall–Kier alpha value is -2.84. The van der Waals surface area contributed by atoms with E-state index in [4.69, 9.17) is 4.74 Å². The van der Waals surface area contributed by atoms with E-state index in [1.165, 1.54) is 12.1 Å². The predicted molar refractivity (Wildman–Crippen MR) is 129 cm³/mol. The van der Waals surface area contributed by atoms with E-state index in [2.05, 4.69) is 21.2 Å². The highest BCUT2D eigenvalue weighted by Crippen LogP contribution is 2.26. The van der Waals surface area contributed by atoms with Crippen molar-refractivity contribution in [1.82, 2.24) is 5.32 Å². The minimum atomic E-state index is -3.94. The second-order valence-corrected chi connectivity index (χ2v) is 9.87. The maximum Gasteiger partial charge on any atom is 0.264 e. The van der Waals surface area contributed by atoms with Gasteiger partial charge in [-0.3, -0.25) is 9.10 Å². The Balaban J connectivity index is 1.82. The van der Waals surface area contributed by atoms with Gasteiger partial charge in [0.05, 0.1) is 23.2 Å². The Morgan fingerprint density at radius 3 is 2.34 bits per heavy atom. The van der Waals surface area contributed by atoms with Crippen molar-refractivity contribution >= 4 is 37.5 Å². The van der Waals surface area contributed by atoms with Crippen LogP contribution < -0.4 is 14.4 Å². The van der Waals surface area contributed by atoms with Crippen molar-refractivity contribution in [3.05, 3.63) is 88.9 Å². The third-order valence-electron chi connectivity index (χ3n) is 4.78. The summed E-state index contributed by atoms with van der Waals surface area (Å²) in [6.45, 7) is 3.99. The summed E-state index contributed by atoms with van der Waals surface area (Å²) in [5.41, 5.74) is 1.29. The summed E-state index contributed by atoms with van der Waals surface area (Å²) in [6.07, 6.45) is 0. The lowest BCUT2D eigenvalue weighted by atomic mass is 10.1. The summed E-state index contributed by atoms with van der Waals surface area (Å²) >= 11 is 3.38. The standard InChI is InChI=1S/C24H25BrN2O4S/c1-3-31-22-14-12-19(13-15-22)18(2)26-24(28)17-27(21-9-7-8-20(25)16-21)32(29,30)23-10-5-4-6-11-23/h4-16,18H,3,17H2,1-2H3,(H,26,28). The van der Waals surface area contributed by atoms with Crippen molar-refractivity contribution in [3.8, 4) is 5.75 Å². The molecule has 8 heteroatoms. The molecule has 1 atom stereocenters. The smallest absolute Gasteiger partial charge is 0.264 e. The van der Waals surface area contributed by atoms with Crippen LogP contribution in [0.25, 0.3) is 0 Å². The number of amides is 1. The molecule has 0 radical (unpaired) electrons. The third-order valence-corrected chi connectivity index (χ3v) is 7.06. The molecule has 6 nitrogen and oxygen atoms in total. The maximum atomic E-state index is 13.4. The molecule has 1 amide bonds. The molecule has 168 valence electrons. The first-order valence-electron chi connectivity index (χ1n) is 10.2. The summed E-state index contributed by atoms with van der Waals surface area (Å²) in [4.78, 5) is 13.0. The largest absolute Gasteiger partial charge is 0.494 e. The summed E-state index contributed by atoms with van der Waals surface area (Å²) in [5.74, 6) is 0.343. The second kappa shape index (κ2) is 10.7. The number of ether oxygens (including phenoxy) is 1. The first-order valence-corrected chi connectivity index (χ1v) is 12.4. The lowest BCUT2D eigenvalue weighted by Crippen LogP contribution is -2.41. The molecule has 0 aromatic heterocycles. The van der Waals surface area contributed by atoms with E-state index in [0.29, 0.717) is 16.8 Å². The molecule has 3 rings (SSSR count). The van der Waals surface area contributed by atoms with Crippen molar-refractivity contribution in [2.75, 3.05) is 17.5 Å². The Bertz CT molecular complexity index is 1150. The fourth-order valence-electron chi connectivity index (χ4n) is 3.19. The lowest BCUT2D eigenvalue weighted by Gasteiger charge is -2.25. The highest BCUT2D eigenvalue weighted by atomic mass is 79.9. The minimum Gasteiger partial charge on any atom is -0.494 e. The average molecular weight is 517 g/mol. The molecule has 0 aliphatic carbocycles. The third kappa shape index (κ3) is 5.89. The highest BCUT2D eigenvalue weighted by Gasteiger charge is 2.27. The molecule has 0 aliphatic heterocycles. The first kappa shape index (κ1) is 23.8. The van der Waals surface area contributed by atoms with Gasteiger partial charge in [-0.1, -0.05) is 52.3 Å². The molecule has 3 aromatic carbocycles. The maximum absolute atomic E-state index is 13.4. The Labute approximate surface area is 197 Å². The van der Waals surface area contributed by atoms with E-state index in [9.17, 15) is 13.2 Å². The summed E-state index contributed by atoms with van der Waals surface area (Å²) in [5, 5.41) is 2.89. The number of benzene rings is 3. The molecular weight excluding hydrogens is 492 g/mol. The summed E-state index contributed by atoms with van der Waals surface area (Å²) in [6, 6.07) is 22.1. The van der Waals surface area contributed by atoms with E-state index >= 15 is 0 Å². The van der Waals surface area contributed by atoms with Gasteiger partial charge in [-0.25, -0.2) is 8.42 Å². The molecule has 0 bridgehead atoms. The average Bonchev–Trinajstić information content (AvgIpc) is 2.78. The Kier molecular flexibility index (Phi) is 7.93. The Morgan fingerprint density at radius 2 is 1.72 bits per heavy atom. The van der Waals surface area contributed by atoms with E-state index < -0.39 is 15.9 Å². The number of hydrogen-bond donors (Lipinski definition) is 1. The highest BCUT2D eigenvalue weighted by molar-refractivity contribution is 9.10. The molecule has 0 heterocycles. The van der Waals surface area contributed by atoms with Gasteiger partial charge < -0.3 is 10.1 Å². The quantitative estimate of drug-likeness (QED) is 0.437. The zero-order valence-electron chi connectivity index (χ0n) is 17.9. The van der Waals surface area contributed by atoms with Crippen molar-refractivity contribution < 1.29 is 17.9 Å². The number of carbonyl (C=O) groups excluding carboxylic acids is 1. The van der Waals surface area contributed by atoms with Gasteiger partial charge in [0.25, 0.3) is 10.0 Å². The molecule has 0 aliphatic rings. The van der Waals surface area contributed by atoms with Crippen LogP contribution >= 0.6 is 15.9 Å². The number of halogens is 1. The van der Waals surface area contributed by atoms with Gasteiger partial charge in [0.15, 0.2) is 0 Å². The fraction of sp³-hybridized carbons (Fsp3) is 0.208. The van der Waals surface area contributed by atoms with Crippen LogP contribution in [0.1, 0.15) is 25.5 Å².